The Morgan fingerprint density at radius 1 is 1.50 bits per heavy atom. The second-order valence-electron chi connectivity index (χ2n) is 2.83. The molecular formula is C8H15NO5. The predicted octanol–water partition coefficient (Wildman–Crippen LogP) is -0.897. The Hall–Kier alpha value is -1.14. The van der Waals surface area contributed by atoms with Crippen molar-refractivity contribution in [2.45, 2.75) is 31.9 Å². The topological polar surface area (TPSA) is 110 Å². The van der Waals surface area contributed by atoms with Crippen LogP contribution in [-0.2, 0) is 14.3 Å². The Labute approximate surface area is 81.7 Å². The van der Waals surface area contributed by atoms with Gasteiger partial charge in [-0.1, -0.05) is 13.3 Å². The van der Waals surface area contributed by atoms with Gasteiger partial charge in [-0.25, -0.2) is 4.79 Å². The van der Waals surface area contributed by atoms with Crippen molar-refractivity contribution in [3.05, 3.63) is 0 Å². The average Bonchev–Trinajstić information content (AvgIpc) is 2.15. The molecule has 0 saturated carbocycles. The highest BCUT2D eigenvalue weighted by Crippen LogP contribution is 1.97. The average molecular weight is 205 g/mol. The third-order valence-corrected chi connectivity index (χ3v) is 1.61. The first-order valence-electron chi connectivity index (χ1n) is 4.33. The van der Waals surface area contributed by atoms with Crippen molar-refractivity contribution >= 4 is 11.9 Å². The molecule has 0 radical (unpaired) electrons. The number of aliphatic hydroxyl groups excluding tert-OH is 1. The zero-order valence-electron chi connectivity index (χ0n) is 7.97. The summed E-state index contributed by atoms with van der Waals surface area (Å²) in [4.78, 5) is 21.2. The van der Waals surface area contributed by atoms with Crippen LogP contribution in [0.3, 0.4) is 0 Å². The van der Waals surface area contributed by atoms with Crippen LogP contribution >= 0.6 is 0 Å². The molecular weight excluding hydrogens is 190 g/mol. The van der Waals surface area contributed by atoms with Crippen molar-refractivity contribution in [2.24, 2.45) is 5.73 Å². The van der Waals surface area contributed by atoms with E-state index in [9.17, 15) is 9.59 Å². The van der Waals surface area contributed by atoms with E-state index in [-0.39, 0.29) is 6.61 Å². The lowest BCUT2D eigenvalue weighted by Crippen LogP contribution is -2.46. The number of hydrogen-bond acceptors (Lipinski definition) is 5. The summed E-state index contributed by atoms with van der Waals surface area (Å²) in [5, 5.41) is 17.5. The molecule has 6 heteroatoms. The van der Waals surface area contributed by atoms with Crippen molar-refractivity contribution in [1.82, 2.24) is 0 Å². The van der Waals surface area contributed by atoms with Crippen molar-refractivity contribution in [1.29, 1.82) is 0 Å². The molecule has 0 aliphatic heterocycles. The molecule has 0 aliphatic carbocycles. The first kappa shape index (κ1) is 12.9. The van der Waals surface area contributed by atoms with Gasteiger partial charge in [0.05, 0.1) is 6.61 Å². The van der Waals surface area contributed by atoms with Crippen molar-refractivity contribution in [3.8, 4) is 0 Å². The number of unbranched alkanes of at least 4 members (excludes halogenated alkanes) is 1. The van der Waals surface area contributed by atoms with Crippen LogP contribution in [-0.4, -0.2) is 40.9 Å². The highest BCUT2D eigenvalue weighted by atomic mass is 16.5. The molecule has 0 aliphatic rings. The van der Waals surface area contributed by atoms with Crippen molar-refractivity contribution in [3.63, 3.8) is 0 Å². The second-order valence-corrected chi connectivity index (χ2v) is 2.83. The molecule has 0 aromatic rings. The van der Waals surface area contributed by atoms with Gasteiger partial charge in [-0.3, -0.25) is 4.79 Å². The highest BCUT2D eigenvalue weighted by molar-refractivity contribution is 5.84. The van der Waals surface area contributed by atoms with Gasteiger partial charge >= 0.3 is 11.9 Å². The number of nitrogens with two attached hydrogens (primary N) is 1. The number of esters is 1. The second kappa shape index (κ2) is 6.33. The number of carbonyl (C=O) groups is 2. The third-order valence-electron chi connectivity index (χ3n) is 1.61. The number of rotatable bonds is 6. The summed E-state index contributed by atoms with van der Waals surface area (Å²) in [7, 11) is 0. The van der Waals surface area contributed by atoms with E-state index in [0.29, 0.717) is 6.42 Å². The zero-order chi connectivity index (χ0) is 11.1. The molecule has 6 nitrogen and oxygen atoms in total. The van der Waals surface area contributed by atoms with Gasteiger partial charge in [0, 0.05) is 0 Å². The minimum Gasteiger partial charge on any atom is -0.480 e. The number of carbonyl (C=O) groups excluding carboxylic acids is 1. The first-order chi connectivity index (χ1) is 6.50. The van der Waals surface area contributed by atoms with Crippen LogP contribution < -0.4 is 5.73 Å². The van der Waals surface area contributed by atoms with Crippen LogP contribution in [0.15, 0.2) is 0 Å². The van der Waals surface area contributed by atoms with Gasteiger partial charge < -0.3 is 20.7 Å². The van der Waals surface area contributed by atoms with E-state index in [0.717, 1.165) is 6.42 Å². The lowest BCUT2D eigenvalue weighted by molar-refractivity contribution is -0.159. The Balaban J connectivity index is 3.92. The van der Waals surface area contributed by atoms with Crippen molar-refractivity contribution < 1.29 is 24.5 Å². The van der Waals surface area contributed by atoms with E-state index in [1.54, 1.807) is 0 Å². The maximum atomic E-state index is 10.9. The van der Waals surface area contributed by atoms with Crippen LogP contribution in [0.5, 0.6) is 0 Å². The van der Waals surface area contributed by atoms with Gasteiger partial charge in [-0.05, 0) is 6.42 Å². The van der Waals surface area contributed by atoms with Gasteiger partial charge in [0.15, 0.2) is 6.10 Å². The number of carboxylic acid groups (broad SMARTS) is 1. The third kappa shape index (κ3) is 4.20. The quantitative estimate of drug-likeness (QED) is 0.383. The van der Waals surface area contributed by atoms with Gasteiger partial charge in [0.2, 0.25) is 0 Å². The van der Waals surface area contributed by atoms with Gasteiger partial charge in [-0.15, -0.1) is 0 Å². The van der Waals surface area contributed by atoms with Crippen LogP contribution in [0.1, 0.15) is 19.8 Å². The summed E-state index contributed by atoms with van der Waals surface area (Å²) < 4.78 is 4.58. The van der Waals surface area contributed by atoms with E-state index < -0.39 is 24.1 Å². The van der Waals surface area contributed by atoms with Gasteiger partial charge in [0.1, 0.15) is 6.04 Å². The summed E-state index contributed by atoms with van der Waals surface area (Å²) in [5.41, 5.74) is 5.01. The monoisotopic (exact) mass is 205 g/mol. The number of aliphatic carboxylic acids is 1. The molecule has 1 unspecified atom stereocenters. The summed E-state index contributed by atoms with van der Waals surface area (Å²) >= 11 is 0. The van der Waals surface area contributed by atoms with Gasteiger partial charge in [-0.2, -0.15) is 0 Å². The van der Waals surface area contributed by atoms with E-state index in [1.165, 1.54) is 0 Å². The van der Waals surface area contributed by atoms with E-state index in [2.05, 4.69) is 4.74 Å². The molecule has 4 N–H and O–H groups in total. The normalized spacial score (nSPS) is 14.5. The number of hydrogen-bond donors (Lipinski definition) is 3. The molecule has 0 heterocycles. The smallest absolute Gasteiger partial charge is 0.337 e. The molecule has 2 atom stereocenters. The fourth-order valence-corrected chi connectivity index (χ4v) is 0.684. The predicted molar refractivity (Wildman–Crippen MR) is 47.5 cm³/mol. The van der Waals surface area contributed by atoms with Gasteiger partial charge in [0.25, 0.3) is 0 Å². The molecule has 0 amide bonds. The minimum atomic E-state index is -1.80. The van der Waals surface area contributed by atoms with E-state index in [4.69, 9.17) is 15.9 Å². The number of ether oxygens (including phenoxy) is 1. The molecule has 0 fully saturated rings. The summed E-state index contributed by atoms with van der Waals surface area (Å²) in [6, 6.07) is -1.64. The highest BCUT2D eigenvalue weighted by Gasteiger charge is 2.29. The molecule has 0 aromatic heterocycles. The fourth-order valence-electron chi connectivity index (χ4n) is 0.684. The summed E-state index contributed by atoms with van der Waals surface area (Å²) in [5.74, 6) is -2.43. The Bertz CT molecular complexity index is 206. The van der Waals surface area contributed by atoms with E-state index in [1.807, 2.05) is 6.92 Å². The van der Waals surface area contributed by atoms with Crippen LogP contribution in [0.4, 0.5) is 0 Å². The maximum absolute atomic E-state index is 10.9. The minimum absolute atomic E-state index is 0.165. The molecule has 0 rings (SSSR count). The first-order valence-corrected chi connectivity index (χ1v) is 4.33. The maximum Gasteiger partial charge on any atom is 0.337 e. The molecule has 0 bridgehead atoms. The van der Waals surface area contributed by atoms with Crippen LogP contribution in [0.25, 0.3) is 0 Å². The molecule has 82 valence electrons. The Morgan fingerprint density at radius 2 is 2.07 bits per heavy atom. The lowest BCUT2D eigenvalue weighted by atomic mass is 10.2. The number of aliphatic hydroxyl groups is 1. The van der Waals surface area contributed by atoms with E-state index >= 15 is 0 Å². The Morgan fingerprint density at radius 3 is 2.50 bits per heavy atom. The van der Waals surface area contributed by atoms with Crippen LogP contribution in [0, 0.1) is 0 Å². The summed E-state index contributed by atoms with van der Waals surface area (Å²) in [6.45, 7) is 2.08. The molecule has 0 spiro atoms. The molecule has 0 aromatic carbocycles. The largest absolute Gasteiger partial charge is 0.480 e. The lowest BCUT2D eigenvalue weighted by Gasteiger charge is -2.13. The molecule has 14 heavy (non-hydrogen) atoms. The SMILES string of the molecule is CCCCOC(=O)C(O)[C@H](N)C(=O)O. The Kier molecular flexibility index (Phi) is 5.82. The van der Waals surface area contributed by atoms with Crippen LogP contribution in [0.2, 0.25) is 0 Å². The van der Waals surface area contributed by atoms with Crippen molar-refractivity contribution in [2.75, 3.05) is 6.61 Å². The zero-order valence-corrected chi connectivity index (χ0v) is 7.97. The fraction of sp³-hybridized carbons (Fsp3) is 0.750. The molecule has 0 saturated heterocycles. The number of carboxylic acids is 1. The standard InChI is InChI=1S/C8H15NO5/c1-2-3-4-14-8(13)6(10)5(9)7(11)12/h5-6,10H,2-4,9H2,1H3,(H,11,12)/t5-,6?/m0/s1. The summed E-state index contributed by atoms with van der Waals surface area (Å²) in [6.07, 6.45) is -0.292.